The maximum atomic E-state index is 6.07. The van der Waals surface area contributed by atoms with Gasteiger partial charge in [-0.2, -0.15) is 0 Å². The summed E-state index contributed by atoms with van der Waals surface area (Å²) in [6.07, 6.45) is 4.90. The third-order valence-corrected chi connectivity index (χ3v) is 3.52. The molecule has 3 atom stereocenters. The van der Waals surface area contributed by atoms with Crippen molar-refractivity contribution in [3.63, 3.8) is 0 Å². The minimum absolute atomic E-state index is 0.205. The fourth-order valence-electron chi connectivity index (χ4n) is 2.30. The van der Waals surface area contributed by atoms with Crippen molar-refractivity contribution in [1.29, 1.82) is 0 Å². The van der Waals surface area contributed by atoms with Gasteiger partial charge in [-0.15, -0.1) is 0 Å². The van der Waals surface area contributed by atoms with E-state index in [1.807, 2.05) is 0 Å². The number of nitrogens with two attached hydrogens (primary N) is 1. The van der Waals surface area contributed by atoms with Crippen molar-refractivity contribution < 1.29 is 14.2 Å². The average molecular weight is 245 g/mol. The molecule has 0 saturated heterocycles. The Morgan fingerprint density at radius 1 is 1.12 bits per heavy atom. The van der Waals surface area contributed by atoms with E-state index >= 15 is 0 Å². The first-order valence-corrected chi connectivity index (χ1v) is 6.71. The highest BCUT2D eigenvalue weighted by Gasteiger charge is 2.27. The van der Waals surface area contributed by atoms with Crippen molar-refractivity contribution >= 4 is 0 Å². The summed E-state index contributed by atoms with van der Waals surface area (Å²) in [6.45, 7) is 4.78. The summed E-state index contributed by atoms with van der Waals surface area (Å²) in [5.41, 5.74) is 6.07. The molecule has 0 heterocycles. The first-order chi connectivity index (χ1) is 8.27. The molecule has 4 nitrogen and oxygen atoms in total. The zero-order valence-electron chi connectivity index (χ0n) is 11.2. The molecule has 0 amide bonds. The number of rotatable bonds is 8. The molecule has 0 aromatic carbocycles. The van der Waals surface area contributed by atoms with Gasteiger partial charge in [0.25, 0.3) is 0 Å². The molecule has 1 aliphatic rings. The minimum Gasteiger partial charge on any atom is -0.382 e. The lowest BCUT2D eigenvalue weighted by Crippen LogP contribution is -2.42. The molecule has 3 unspecified atom stereocenters. The highest BCUT2D eigenvalue weighted by molar-refractivity contribution is 4.82. The van der Waals surface area contributed by atoms with Crippen LogP contribution < -0.4 is 5.73 Å². The van der Waals surface area contributed by atoms with Gasteiger partial charge in [0.15, 0.2) is 0 Å². The summed E-state index contributed by atoms with van der Waals surface area (Å²) in [4.78, 5) is 0. The molecule has 0 aromatic heterocycles. The normalized spacial score (nSPS) is 29.5. The van der Waals surface area contributed by atoms with E-state index in [-0.39, 0.29) is 12.1 Å². The summed E-state index contributed by atoms with van der Waals surface area (Å²) in [5.74, 6) is 0.786. The Hall–Kier alpha value is -0.160. The van der Waals surface area contributed by atoms with Gasteiger partial charge < -0.3 is 19.9 Å². The van der Waals surface area contributed by atoms with Crippen molar-refractivity contribution in [2.75, 3.05) is 33.5 Å². The highest BCUT2D eigenvalue weighted by atomic mass is 16.5. The summed E-state index contributed by atoms with van der Waals surface area (Å²) in [5, 5.41) is 0. The molecule has 0 aromatic rings. The second kappa shape index (κ2) is 8.86. The number of methoxy groups -OCH3 is 1. The molecule has 1 fully saturated rings. The Balaban J connectivity index is 2.07. The first-order valence-electron chi connectivity index (χ1n) is 6.71. The van der Waals surface area contributed by atoms with E-state index < -0.39 is 0 Å². The maximum Gasteiger partial charge on any atom is 0.0729 e. The van der Waals surface area contributed by atoms with Gasteiger partial charge in [-0.05, 0) is 25.2 Å². The van der Waals surface area contributed by atoms with Crippen LogP contribution >= 0.6 is 0 Å². The summed E-state index contributed by atoms with van der Waals surface area (Å²) >= 11 is 0. The molecular formula is C13H27NO3. The SMILES string of the molecule is CCC1CCC(N)C(OCCOCCOC)C1. The van der Waals surface area contributed by atoms with Gasteiger partial charge in [0.2, 0.25) is 0 Å². The van der Waals surface area contributed by atoms with Gasteiger partial charge in [0, 0.05) is 13.2 Å². The molecule has 102 valence electrons. The molecule has 0 bridgehead atoms. The van der Waals surface area contributed by atoms with Gasteiger partial charge in [0.05, 0.1) is 32.5 Å². The largest absolute Gasteiger partial charge is 0.382 e. The van der Waals surface area contributed by atoms with Gasteiger partial charge >= 0.3 is 0 Å². The summed E-state index contributed by atoms with van der Waals surface area (Å²) in [6, 6.07) is 0.205. The van der Waals surface area contributed by atoms with Crippen molar-refractivity contribution in [1.82, 2.24) is 0 Å². The Morgan fingerprint density at radius 3 is 2.59 bits per heavy atom. The smallest absolute Gasteiger partial charge is 0.0729 e. The molecule has 0 spiro atoms. The molecule has 1 aliphatic carbocycles. The molecule has 4 heteroatoms. The minimum atomic E-state index is 0.205. The van der Waals surface area contributed by atoms with E-state index in [0.717, 1.165) is 18.8 Å². The monoisotopic (exact) mass is 245 g/mol. The second-order valence-corrected chi connectivity index (χ2v) is 4.77. The summed E-state index contributed by atoms with van der Waals surface area (Å²) < 4.78 is 16.1. The zero-order valence-corrected chi connectivity index (χ0v) is 11.2. The Labute approximate surface area is 105 Å². The van der Waals surface area contributed by atoms with E-state index in [2.05, 4.69) is 6.92 Å². The van der Waals surface area contributed by atoms with E-state index in [4.69, 9.17) is 19.9 Å². The molecule has 0 radical (unpaired) electrons. The predicted molar refractivity (Wildman–Crippen MR) is 68.0 cm³/mol. The third kappa shape index (κ3) is 5.82. The van der Waals surface area contributed by atoms with Crippen LogP contribution in [0, 0.1) is 5.92 Å². The van der Waals surface area contributed by atoms with Crippen molar-refractivity contribution in [3.05, 3.63) is 0 Å². The van der Waals surface area contributed by atoms with E-state index in [1.54, 1.807) is 7.11 Å². The van der Waals surface area contributed by atoms with Crippen molar-refractivity contribution in [2.24, 2.45) is 11.7 Å². The lowest BCUT2D eigenvalue weighted by atomic mass is 9.83. The van der Waals surface area contributed by atoms with Gasteiger partial charge in [-0.25, -0.2) is 0 Å². The Kier molecular flexibility index (Phi) is 7.77. The maximum absolute atomic E-state index is 6.07. The second-order valence-electron chi connectivity index (χ2n) is 4.77. The Bertz CT molecular complexity index is 190. The van der Waals surface area contributed by atoms with Crippen molar-refractivity contribution in [2.45, 2.75) is 44.8 Å². The highest BCUT2D eigenvalue weighted by Crippen LogP contribution is 2.27. The third-order valence-electron chi connectivity index (χ3n) is 3.52. The molecule has 1 saturated carbocycles. The van der Waals surface area contributed by atoms with Crippen LogP contribution in [0.2, 0.25) is 0 Å². The van der Waals surface area contributed by atoms with Gasteiger partial charge in [0.1, 0.15) is 0 Å². The van der Waals surface area contributed by atoms with Crippen LogP contribution in [0.3, 0.4) is 0 Å². The van der Waals surface area contributed by atoms with Crippen LogP contribution in [0.1, 0.15) is 32.6 Å². The van der Waals surface area contributed by atoms with Crippen LogP contribution in [0.5, 0.6) is 0 Å². The topological polar surface area (TPSA) is 53.7 Å². The van der Waals surface area contributed by atoms with Gasteiger partial charge in [-0.3, -0.25) is 0 Å². The number of hydrogen-bond donors (Lipinski definition) is 1. The van der Waals surface area contributed by atoms with Crippen LogP contribution in [0.4, 0.5) is 0 Å². The fourth-order valence-corrected chi connectivity index (χ4v) is 2.30. The van der Waals surface area contributed by atoms with E-state index in [1.165, 1.54) is 12.8 Å². The fraction of sp³-hybridized carbons (Fsp3) is 1.00. The van der Waals surface area contributed by atoms with Crippen LogP contribution in [0.25, 0.3) is 0 Å². The van der Waals surface area contributed by atoms with E-state index in [9.17, 15) is 0 Å². The standard InChI is InChI=1S/C13H27NO3/c1-3-11-4-5-12(14)13(10-11)17-9-8-16-7-6-15-2/h11-13H,3-10,14H2,1-2H3. The van der Waals surface area contributed by atoms with Crippen molar-refractivity contribution in [3.8, 4) is 0 Å². The molecule has 1 rings (SSSR count). The van der Waals surface area contributed by atoms with Crippen LogP contribution in [-0.4, -0.2) is 45.7 Å². The molecule has 0 aliphatic heterocycles. The lowest BCUT2D eigenvalue weighted by Gasteiger charge is -2.33. The summed E-state index contributed by atoms with van der Waals surface area (Å²) in [7, 11) is 1.67. The quantitative estimate of drug-likeness (QED) is 0.660. The number of hydrogen-bond acceptors (Lipinski definition) is 4. The Morgan fingerprint density at radius 2 is 1.88 bits per heavy atom. The predicted octanol–water partition coefficient (Wildman–Crippen LogP) is 1.57. The first kappa shape index (κ1) is 14.9. The molecule has 2 N–H and O–H groups in total. The molecular weight excluding hydrogens is 218 g/mol. The number of ether oxygens (including phenoxy) is 3. The van der Waals surface area contributed by atoms with Crippen LogP contribution in [0.15, 0.2) is 0 Å². The van der Waals surface area contributed by atoms with Crippen LogP contribution in [-0.2, 0) is 14.2 Å². The lowest BCUT2D eigenvalue weighted by molar-refractivity contribution is -0.0348. The zero-order chi connectivity index (χ0) is 12.5. The van der Waals surface area contributed by atoms with E-state index in [0.29, 0.717) is 26.4 Å². The average Bonchev–Trinajstić information content (AvgIpc) is 2.35. The molecule has 17 heavy (non-hydrogen) atoms. The van der Waals surface area contributed by atoms with Gasteiger partial charge in [-0.1, -0.05) is 13.3 Å².